The van der Waals surface area contributed by atoms with Crippen molar-refractivity contribution in [1.29, 1.82) is 0 Å². The van der Waals surface area contributed by atoms with Crippen LogP contribution in [-0.4, -0.2) is 23.1 Å². The predicted molar refractivity (Wildman–Crippen MR) is 96.6 cm³/mol. The lowest BCUT2D eigenvalue weighted by Crippen LogP contribution is -2.11. The van der Waals surface area contributed by atoms with E-state index in [4.69, 9.17) is 11.6 Å². The first-order valence-corrected chi connectivity index (χ1v) is 8.29. The fourth-order valence-corrected chi connectivity index (χ4v) is 2.91. The van der Waals surface area contributed by atoms with Crippen LogP contribution in [0, 0.1) is 5.82 Å². The van der Waals surface area contributed by atoms with E-state index in [9.17, 15) is 4.39 Å². The van der Waals surface area contributed by atoms with Crippen LogP contribution in [0.1, 0.15) is 6.42 Å². The molecule has 0 radical (unpaired) electrons. The second kappa shape index (κ2) is 7.60. The highest BCUT2D eigenvalue weighted by molar-refractivity contribution is 6.30. The van der Waals surface area contributed by atoms with Crippen molar-refractivity contribution in [2.45, 2.75) is 13.0 Å². The van der Waals surface area contributed by atoms with Crippen molar-refractivity contribution in [1.82, 2.24) is 14.9 Å². The van der Waals surface area contributed by atoms with E-state index in [2.05, 4.69) is 10.3 Å². The van der Waals surface area contributed by atoms with Crippen LogP contribution in [-0.2, 0) is 6.54 Å². The standard InChI is InChI=1S/C19H19ClFN3/c1-22-10-5-11-24-13-23-18(14-6-3-2-4-7-14)19(24)16-9-8-15(20)12-17(16)21/h2-4,6-9,12-13,22H,5,10-11H2,1H3. The summed E-state index contributed by atoms with van der Waals surface area (Å²) in [6.07, 6.45) is 2.71. The van der Waals surface area contributed by atoms with Gasteiger partial charge in [0.2, 0.25) is 0 Å². The van der Waals surface area contributed by atoms with Gasteiger partial charge >= 0.3 is 0 Å². The predicted octanol–water partition coefficient (Wildman–Crippen LogP) is 4.62. The molecular formula is C19H19ClFN3. The smallest absolute Gasteiger partial charge is 0.134 e. The molecule has 1 heterocycles. The van der Waals surface area contributed by atoms with Gasteiger partial charge in [0.05, 0.1) is 17.7 Å². The quantitative estimate of drug-likeness (QED) is 0.662. The zero-order valence-electron chi connectivity index (χ0n) is 13.5. The van der Waals surface area contributed by atoms with Crippen molar-refractivity contribution in [3.8, 4) is 22.5 Å². The largest absolute Gasteiger partial charge is 0.330 e. The van der Waals surface area contributed by atoms with E-state index >= 15 is 0 Å². The van der Waals surface area contributed by atoms with Gasteiger partial charge in [-0.05, 0) is 38.2 Å². The molecule has 5 heteroatoms. The van der Waals surface area contributed by atoms with Crippen LogP contribution in [0.15, 0.2) is 54.9 Å². The lowest BCUT2D eigenvalue weighted by Gasteiger charge is -2.12. The molecule has 0 atom stereocenters. The van der Waals surface area contributed by atoms with Gasteiger partial charge in [-0.15, -0.1) is 0 Å². The summed E-state index contributed by atoms with van der Waals surface area (Å²) in [6, 6.07) is 14.6. The first-order valence-electron chi connectivity index (χ1n) is 7.91. The fraction of sp³-hybridized carbons (Fsp3) is 0.211. The first kappa shape index (κ1) is 16.7. The zero-order valence-corrected chi connectivity index (χ0v) is 14.2. The minimum absolute atomic E-state index is 0.338. The minimum Gasteiger partial charge on any atom is -0.330 e. The number of aryl methyl sites for hydroxylation is 1. The van der Waals surface area contributed by atoms with Gasteiger partial charge in [0.1, 0.15) is 5.82 Å². The number of nitrogens with one attached hydrogen (secondary N) is 1. The molecule has 0 unspecified atom stereocenters. The highest BCUT2D eigenvalue weighted by Gasteiger charge is 2.18. The highest BCUT2D eigenvalue weighted by Crippen LogP contribution is 2.33. The molecule has 0 amide bonds. The van der Waals surface area contributed by atoms with Crippen molar-refractivity contribution in [2.75, 3.05) is 13.6 Å². The third-order valence-corrected chi connectivity index (χ3v) is 4.13. The van der Waals surface area contributed by atoms with Crippen LogP contribution in [0.5, 0.6) is 0 Å². The molecule has 0 aliphatic heterocycles. The molecule has 2 aromatic carbocycles. The Morgan fingerprint density at radius 3 is 2.67 bits per heavy atom. The van der Waals surface area contributed by atoms with Gasteiger partial charge in [0.25, 0.3) is 0 Å². The van der Waals surface area contributed by atoms with Crippen molar-refractivity contribution in [2.24, 2.45) is 0 Å². The normalized spacial score (nSPS) is 11.0. The number of aromatic nitrogens is 2. The lowest BCUT2D eigenvalue weighted by molar-refractivity contribution is 0.607. The molecule has 0 aliphatic rings. The summed E-state index contributed by atoms with van der Waals surface area (Å²) in [7, 11) is 1.92. The summed E-state index contributed by atoms with van der Waals surface area (Å²) >= 11 is 5.91. The van der Waals surface area contributed by atoms with Crippen LogP contribution in [0.2, 0.25) is 5.02 Å². The van der Waals surface area contributed by atoms with Gasteiger partial charge < -0.3 is 9.88 Å². The molecule has 0 saturated carbocycles. The second-order valence-corrected chi connectivity index (χ2v) is 6.02. The van der Waals surface area contributed by atoms with E-state index in [1.54, 1.807) is 18.5 Å². The summed E-state index contributed by atoms with van der Waals surface area (Å²) in [5.41, 5.74) is 3.04. The number of hydrogen-bond acceptors (Lipinski definition) is 2. The Morgan fingerprint density at radius 2 is 1.96 bits per heavy atom. The van der Waals surface area contributed by atoms with E-state index < -0.39 is 0 Å². The highest BCUT2D eigenvalue weighted by atomic mass is 35.5. The maximum Gasteiger partial charge on any atom is 0.134 e. The lowest BCUT2D eigenvalue weighted by atomic mass is 10.0. The summed E-state index contributed by atoms with van der Waals surface area (Å²) in [4.78, 5) is 4.55. The zero-order chi connectivity index (χ0) is 16.9. The second-order valence-electron chi connectivity index (χ2n) is 5.58. The number of halogens is 2. The summed E-state index contributed by atoms with van der Waals surface area (Å²) in [6.45, 7) is 1.65. The average molecular weight is 344 g/mol. The van der Waals surface area contributed by atoms with Gasteiger partial charge in [-0.3, -0.25) is 0 Å². The molecule has 0 saturated heterocycles. The maximum atomic E-state index is 14.5. The van der Waals surface area contributed by atoms with Gasteiger partial charge in [-0.25, -0.2) is 9.37 Å². The van der Waals surface area contributed by atoms with Crippen LogP contribution in [0.4, 0.5) is 4.39 Å². The number of hydrogen-bond donors (Lipinski definition) is 1. The van der Waals surface area contributed by atoms with Crippen molar-refractivity contribution in [3.05, 3.63) is 65.7 Å². The van der Waals surface area contributed by atoms with Gasteiger partial charge in [0, 0.05) is 22.7 Å². The molecule has 124 valence electrons. The van der Waals surface area contributed by atoms with Crippen LogP contribution in [0.3, 0.4) is 0 Å². The molecule has 3 rings (SSSR count). The van der Waals surface area contributed by atoms with Crippen molar-refractivity contribution < 1.29 is 4.39 Å². The van der Waals surface area contributed by atoms with E-state index in [-0.39, 0.29) is 5.82 Å². The van der Waals surface area contributed by atoms with E-state index in [1.165, 1.54) is 6.07 Å². The van der Waals surface area contributed by atoms with Gasteiger partial charge in [-0.2, -0.15) is 0 Å². The SMILES string of the molecule is CNCCCn1cnc(-c2ccccc2)c1-c1ccc(Cl)cc1F. The van der Waals surface area contributed by atoms with Gasteiger partial charge in [0.15, 0.2) is 0 Å². The Kier molecular flexibility index (Phi) is 5.28. The Labute approximate surface area is 146 Å². The van der Waals surface area contributed by atoms with E-state index in [0.717, 1.165) is 36.5 Å². The summed E-state index contributed by atoms with van der Waals surface area (Å²) in [5.74, 6) is -0.338. The number of nitrogens with zero attached hydrogens (tertiary/aromatic N) is 2. The number of imidazole rings is 1. The Balaban J connectivity index is 2.10. The molecule has 24 heavy (non-hydrogen) atoms. The molecular weight excluding hydrogens is 325 g/mol. The Morgan fingerprint density at radius 1 is 1.17 bits per heavy atom. The molecule has 1 N–H and O–H groups in total. The number of rotatable bonds is 6. The van der Waals surface area contributed by atoms with Crippen molar-refractivity contribution in [3.63, 3.8) is 0 Å². The third-order valence-electron chi connectivity index (χ3n) is 3.90. The van der Waals surface area contributed by atoms with E-state index in [0.29, 0.717) is 10.6 Å². The molecule has 0 fully saturated rings. The van der Waals surface area contributed by atoms with Crippen LogP contribution >= 0.6 is 11.6 Å². The molecule has 3 aromatic rings. The fourth-order valence-electron chi connectivity index (χ4n) is 2.75. The third kappa shape index (κ3) is 3.50. The average Bonchev–Trinajstić information content (AvgIpc) is 3.00. The first-order chi connectivity index (χ1) is 11.7. The Hall–Kier alpha value is -2.17. The summed E-state index contributed by atoms with van der Waals surface area (Å²) in [5, 5.41) is 3.52. The molecule has 0 bridgehead atoms. The van der Waals surface area contributed by atoms with Crippen LogP contribution in [0.25, 0.3) is 22.5 Å². The maximum absolute atomic E-state index is 14.5. The van der Waals surface area contributed by atoms with Crippen LogP contribution < -0.4 is 5.32 Å². The topological polar surface area (TPSA) is 29.9 Å². The minimum atomic E-state index is -0.338. The monoisotopic (exact) mass is 343 g/mol. The summed E-state index contributed by atoms with van der Waals surface area (Å²) < 4.78 is 16.5. The molecule has 3 nitrogen and oxygen atoms in total. The molecule has 0 aliphatic carbocycles. The van der Waals surface area contributed by atoms with E-state index in [1.807, 2.05) is 41.9 Å². The van der Waals surface area contributed by atoms with Gasteiger partial charge in [-0.1, -0.05) is 41.9 Å². The molecule has 1 aromatic heterocycles. The number of benzene rings is 2. The Bertz CT molecular complexity index is 815. The molecule has 0 spiro atoms. The van der Waals surface area contributed by atoms with Crippen molar-refractivity contribution >= 4 is 11.6 Å².